The molecule has 2 fully saturated rings. The van der Waals surface area contributed by atoms with E-state index in [0.29, 0.717) is 5.92 Å². The summed E-state index contributed by atoms with van der Waals surface area (Å²) in [6, 6.07) is 0. The third kappa shape index (κ3) is 2.55. The number of nitrogens with zero attached hydrogens (tertiary/aromatic N) is 2. The van der Waals surface area contributed by atoms with E-state index >= 15 is 0 Å². The third-order valence-electron chi connectivity index (χ3n) is 3.37. The van der Waals surface area contributed by atoms with Gasteiger partial charge in [0, 0.05) is 19.0 Å². The van der Waals surface area contributed by atoms with Gasteiger partial charge in [-0.3, -0.25) is 10.3 Å². The largest absolute Gasteiger partial charge is 0.383 e. The van der Waals surface area contributed by atoms with Gasteiger partial charge in [-0.25, -0.2) is 4.98 Å². The number of nitrogen functional groups attached to an aromatic ring is 1. The van der Waals surface area contributed by atoms with Crippen LogP contribution in [0.4, 0.5) is 0 Å². The topological polar surface area (TPSA) is 75.2 Å². The van der Waals surface area contributed by atoms with Gasteiger partial charge in [0.05, 0.1) is 30.3 Å². The fourth-order valence-corrected chi connectivity index (χ4v) is 3.28. The van der Waals surface area contributed by atoms with Crippen LogP contribution in [0, 0.1) is 5.41 Å². The SMILES string of the molecule is N=C(N)c1sc(CN2CCOCC2)nc1C1CC1. The Morgan fingerprint density at radius 3 is 2.78 bits per heavy atom. The van der Waals surface area contributed by atoms with Crippen molar-refractivity contribution < 1.29 is 4.74 Å². The summed E-state index contributed by atoms with van der Waals surface area (Å²) in [6.45, 7) is 4.41. The Morgan fingerprint density at radius 2 is 2.17 bits per heavy atom. The molecule has 0 unspecified atom stereocenters. The van der Waals surface area contributed by atoms with Crippen molar-refractivity contribution in [1.82, 2.24) is 9.88 Å². The average molecular weight is 266 g/mol. The Hall–Kier alpha value is -0.980. The molecule has 1 saturated carbocycles. The molecule has 0 amide bonds. The number of morpholine rings is 1. The number of nitrogens with one attached hydrogen (secondary N) is 1. The van der Waals surface area contributed by atoms with E-state index in [1.807, 2.05) is 0 Å². The number of amidine groups is 1. The van der Waals surface area contributed by atoms with E-state index in [9.17, 15) is 0 Å². The average Bonchev–Trinajstić information content (AvgIpc) is 3.12. The van der Waals surface area contributed by atoms with Gasteiger partial charge in [0.25, 0.3) is 0 Å². The molecular weight excluding hydrogens is 248 g/mol. The molecule has 5 nitrogen and oxygen atoms in total. The number of thiazole rings is 1. The van der Waals surface area contributed by atoms with E-state index in [0.717, 1.165) is 48.4 Å². The molecule has 18 heavy (non-hydrogen) atoms. The highest BCUT2D eigenvalue weighted by Gasteiger charge is 2.30. The van der Waals surface area contributed by atoms with Crippen LogP contribution >= 0.6 is 11.3 Å². The van der Waals surface area contributed by atoms with Gasteiger partial charge in [0.2, 0.25) is 0 Å². The smallest absolute Gasteiger partial charge is 0.135 e. The third-order valence-corrected chi connectivity index (χ3v) is 4.46. The van der Waals surface area contributed by atoms with Crippen molar-refractivity contribution in [1.29, 1.82) is 5.41 Å². The molecule has 98 valence electrons. The van der Waals surface area contributed by atoms with E-state index < -0.39 is 0 Å². The molecule has 0 bridgehead atoms. The van der Waals surface area contributed by atoms with Crippen molar-refractivity contribution in [3.05, 3.63) is 15.6 Å². The fraction of sp³-hybridized carbons (Fsp3) is 0.667. The minimum absolute atomic E-state index is 0.169. The predicted molar refractivity (Wildman–Crippen MR) is 71.2 cm³/mol. The Bertz CT molecular complexity index is 449. The van der Waals surface area contributed by atoms with Crippen molar-refractivity contribution in [2.75, 3.05) is 26.3 Å². The van der Waals surface area contributed by atoms with E-state index in [2.05, 4.69) is 4.90 Å². The second-order valence-corrected chi connectivity index (χ2v) is 5.98. The molecule has 1 aliphatic heterocycles. The first-order chi connectivity index (χ1) is 8.74. The first-order valence-electron chi connectivity index (χ1n) is 6.38. The summed E-state index contributed by atoms with van der Waals surface area (Å²) in [5.41, 5.74) is 6.71. The monoisotopic (exact) mass is 266 g/mol. The lowest BCUT2D eigenvalue weighted by molar-refractivity contribution is 0.0341. The summed E-state index contributed by atoms with van der Waals surface area (Å²) in [6.07, 6.45) is 2.39. The van der Waals surface area contributed by atoms with Gasteiger partial charge in [-0.05, 0) is 12.8 Å². The van der Waals surface area contributed by atoms with Gasteiger partial charge in [-0.15, -0.1) is 11.3 Å². The summed E-state index contributed by atoms with van der Waals surface area (Å²) in [5.74, 6) is 0.723. The zero-order chi connectivity index (χ0) is 12.5. The summed E-state index contributed by atoms with van der Waals surface area (Å²) in [7, 11) is 0. The standard InChI is InChI=1S/C12H18N4OS/c13-12(14)11-10(8-1-2-8)15-9(18-11)7-16-3-5-17-6-4-16/h8H,1-7H2,(H3,13,14). The van der Waals surface area contributed by atoms with Crippen molar-refractivity contribution >= 4 is 17.2 Å². The second-order valence-electron chi connectivity index (χ2n) is 4.90. The van der Waals surface area contributed by atoms with Gasteiger partial charge in [0.15, 0.2) is 0 Å². The molecule has 1 aliphatic carbocycles. The molecule has 3 rings (SSSR count). The molecule has 6 heteroatoms. The number of aromatic nitrogens is 1. The van der Waals surface area contributed by atoms with Crippen LogP contribution in [-0.2, 0) is 11.3 Å². The van der Waals surface area contributed by atoms with Gasteiger partial charge >= 0.3 is 0 Å². The van der Waals surface area contributed by atoms with Crippen LogP contribution in [-0.4, -0.2) is 42.0 Å². The van der Waals surface area contributed by atoms with Gasteiger partial charge in [0.1, 0.15) is 10.8 Å². The zero-order valence-corrected chi connectivity index (χ0v) is 11.1. The van der Waals surface area contributed by atoms with Crippen LogP contribution in [0.25, 0.3) is 0 Å². The van der Waals surface area contributed by atoms with Crippen LogP contribution in [0.2, 0.25) is 0 Å². The number of hydrogen-bond donors (Lipinski definition) is 2. The summed E-state index contributed by atoms with van der Waals surface area (Å²) in [4.78, 5) is 7.94. The second kappa shape index (κ2) is 4.95. The fourth-order valence-electron chi connectivity index (χ4n) is 2.22. The molecule has 1 aromatic rings. The quantitative estimate of drug-likeness (QED) is 0.633. The maximum Gasteiger partial charge on any atom is 0.135 e. The lowest BCUT2D eigenvalue weighted by atomic mass is 10.2. The van der Waals surface area contributed by atoms with E-state index in [1.54, 1.807) is 11.3 Å². The molecule has 0 atom stereocenters. The summed E-state index contributed by atoms with van der Waals surface area (Å²) < 4.78 is 5.34. The zero-order valence-electron chi connectivity index (χ0n) is 10.3. The first kappa shape index (κ1) is 12.1. The van der Waals surface area contributed by atoms with E-state index in [4.69, 9.17) is 20.9 Å². The normalized spacial score (nSPS) is 21.1. The molecule has 1 saturated heterocycles. The molecule has 1 aromatic heterocycles. The van der Waals surface area contributed by atoms with Crippen molar-refractivity contribution in [3.63, 3.8) is 0 Å². The highest BCUT2D eigenvalue weighted by atomic mass is 32.1. The lowest BCUT2D eigenvalue weighted by Crippen LogP contribution is -2.35. The molecular formula is C12H18N4OS. The first-order valence-corrected chi connectivity index (χ1v) is 7.20. The van der Waals surface area contributed by atoms with Crippen molar-refractivity contribution in [2.24, 2.45) is 5.73 Å². The summed E-state index contributed by atoms with van der Waals surface area (Å²) in [5, 5.41) is 8.73. The number of rotatable bonds is 4. The Balaban J connectivity index is 1.75. The van der Waals surface area contributed by atoms with E-state index in [-0.39, 0.29) is 5.84 Å². The minimum atomic E-state index is 0.169. The number of ether oxygens (including phenoxy) is 1. The van der Waals surface area contributed by atoms with E-state index in [1.165, 1.54) is 12.8 Å². The Labute approximate surface area is 110 Å². The van der Waals surface area contributed by atoms with Gasteiger partial charge in [-0.2, -0.15) is 0 Å². The molecule has 0 spiro atoms. The molecule has 0 aromatic carbocycles. The van der Waals surface area contributed by atoms with Crippen molar-refractivity contribution in [3.8, 4) is 0 Å². The molecule has 2 aliphatic rings. The lowest BCUT2D eigenvalue weighted by Gasteiger charge is -2.25. The highest BCUT2D eigenvalue weighted by molar-refractivity contribution is 7.13. The van der Waals surface area contributed by atoms with Gasteiger partial charge in [-0.1, -0.05) is 0 Å². The summed E-state index contributed by atoms with van der Waals surface area (Å²) >= 11 is 1.59. The maximum absolute atomic E-state index is 7.64. The van der Waals surface area contributed by atoms with Crippen LogP contribution in [0.5, 0.6) is 0 Å². The highest BCUT2D eigenvalue weighted by Crippen LogP contribution is 2.42. The minimum Gasteiger partial charge on any atom is -0.383 e. The Kier molecular flexibility index (Phi) is 3.32. The van der Waals surface area contributed by atoms with Crippen LogP contribution < -0.4 is 5.73 Å². The number of nitrogens with two attached hydrogens (primary N) is 1. The maximum atomic E-state index is 7.64. The van der Waals surface area contributed by atoms with Crippen LogP contribution in [0.15, 0.2) is 0 Å². The number of hydrogen-bond acceptors (Lipinski definition) is 5. The molecule has 0 radical (unpaired) electrons. The Morgan fingerprint density at radius 1 is 1.44 bits per heavy atom. The van der Waals surface area contributed by atoms with Crippen LogP contribution in [0.1, 0.15) is 34.3 Å². The van der Waals surface area contributed by atoms with Crippen molar-refractivity contribution in [2.45, 2.75) is 25.3 Å². The predicted octanol–water partition coefficient (Wildman–Crippen LogP) is 1.14. The molecule has 2 heterocycles. The molecule has 3 N–H and O–H groups in total. The van der Waals surface area contributed by atoms with Crippen LogP contribution in [0.3, 0.4) is 0 Å². The van der Waals surface area contributed by atoms with Gasteiger partial charge < -0.3 is 10.5 Å².